The Morgan fingerprint density at radius 3 is 1.91 bits per heavy atom. The van der Waals surface area contributed by atoms with Gasteiger partial charge in [0, 0.05) is 50.7 Å². The maximum atomic E-state index is 2.92. The number of hydrogen-bond donors (Lipinski definition) is 0. The molecular formula is C71H81BN2S. The summed E-state index contributed by atoms with van der Waals surface area (Å²) >= 11 is 2.21. The second-order valence-electron chi connectivity index (χ2n) is 29.6. The first-order valence-electron chi connectivity index (χ1n) is 29.2. The van der Waals surface area contributed by atoms with Crippen molar-refractivity contribution < 1.29 is 0 Å². The van der Waals surface area contributed by atoms with Crippen LogP contribution in [0.25, 0.3) is 16.7 Å². The van der Waals surface area contributed by atoms with E-state index in [4.69, 9.17) is 0 Å². The molecule has 6 atom stereocenters. The molecule has 384 valence electrons. The fourth-order valence-corrected chi connectivity index (χ4v) is 18.6. The molecule has 4 aromatic carbocycles. The highest BCUT2D eigenvalue weighted by Crippen LogP contribution is 2.66. The Morgan fingerprint density at radius 2 is 1.19 bits per heavy atom. The van der Waals surface area contributed by atoms with Crippen LogP contribution in [0.4, 0.5) is 11.4 Å². The summed E-state index contributed by atoms with van der Waals surface area (Å²) in [5.74, 6) is 1.41. The lowest BCUT2D eigenvalue weighted by Gasteiger charge is -2.56. The van der Waals surface area contributed by atoms with Crippen LogP contribution in [-0.2, 0) is 16.2 Å². The van der Waals surface area contributed by atoms with E-state index in [1.807, 2.05) is 0 Å². The van der Waals surface area contributed by atoms with Gasteiger partial charge in [-0.2, -0.15) is 0 Å². The van der Waals surface area contributed by atoms with Crippen molar-refractivity contribution in [2.24, 2.45) is 39.4 Å². The smallest absolute Gasteiger partial charge is 0.223 e. The van der Waals surface area contributed by atoms with E-state index in [0.29, 0.717) is 23.0 Å². The quantitative estimate of drug-likeness (QED) is 0.189. The molecule has 0 saturated heterocycles. The van der Waals surface area contributed by atoms with E-state index in [9.17, 15) is 0 Å². The van der Waals surface area contributed by atoms with Crippen LogP contribution in [0.3, 0.4) is 0 Å². The molecule has 2 nitrogen and oxygen atoms in total. The summed E-state index contributed by atoms with van der Waals surface area (Å²) in [7, 11) is 0. The van der Waals surface area contributed by atoms with Crippen LogP contribution in [0, 0.1) is 39.4 Å². The van der Waals surface area contributed by atoms with Gasteiger partial charge in [0.15, 0.2) is 0 Å². The minimum Gasteiger partial charge on any atom is -0.334 e. The predicted molar refractivity (Wildman–Crippen MR) is 321 cm³/mol. The topological polar surface area (TPSA) is 6.48 Å². The third-order valence-electron chi connectivity index (χ3n) is 22.1. The zero-order valence-electron chi connectivity index (χ0n) is 47.7. The first-order chi connectivity index (χ1) is 35.4. The van der Waals surface area contributed by atoms with Gasteiger partial charge in [-0.25, -0.2) is 0 Å². The number of fused-ring (bicyclic) bond motifs is 11. The highest BCUT2D eigenvalue weighted by atomic mass is 32.2. The van der Waals surface area contributed by atoms with Crippen molar-refractivity contribution in [3.8, 4) is 11.1 Å². The van der Waals surface area contributed by atoms with Gasteiger partial charge in [-0.15, -0.1) is 11.8 Å². The van der Waals surface area contributed by atoms with Crippen LogP contribution >= 0.6 is 11.8 Å². The van der Waals surface area contributed by atoms with E-state index in [1.165, 1.54) is 99.7 Å². The Bertz CT molecular complexity index is 3390. The molecule has 5 unspecified atom stereocenters. The second kappa shape index (κ2) is 15.6. The molecule has 75 heavy (non-hydrogen) atoms. The molecule has 0 spiro atoms. The number of anilines is 2. The molecule has 2 fully saturated rings. The molecule has 0 radical (unpaired) electrons. The van der Waals surface area contributed by atoms with E-state index in [1.54, 1.807) is 33.2 Å². The van der Waals surface area contributed by atoms with Gasteiger partial charge in [0.1, 0.15) is 0 Å². The van der Waals surface area contributed by atoms with Gasteiger partial charge in [0.2, 0.25) is 6.71 Å². The largest absolute Gasteiger partial charge is 0.334 e. The van der Waals surface area contributed by atoms with Crippen molar-refractivity contribution in [1.29, 1.82) is 0 Å². The lowest BCUT2D eigenvalue weighted by Crippen LogP contribution is -2.60. The Kier molecular flexibility index (Phi) is 10.1. The Hall–Kier alpha value is -4.93. The molecule has 14 rings (SSSR count). The fourth-order valence-electron chi connectivity index (χ4n) is 17.1. The second-order valence-corrected chi connectivity index (χ2v) is 30.8. The zero-order valence-corrected chi connectivity index (χ0v) is 48.5. The SMILES string of the molecule is CC1(C)CCC(C)(C)C2=CC3C4=C(SC3C=C21)N(C1=CC2C(C=C1)C(C)(C)CCC2(C)C)C1=CC(c2ccccc2)=CC2[C@H]1B4c1cc3c(cc1N2c1cccc2c1-c1ccccc1C2(C)C)C(C)(C)CCC3(C)C. The molecule has 10 aliphatic rings. The van der Waals surface area contributed by atoms with Crippen LogP contribution in [0.5, 0.6) is 0 Å². The number of rotatable bonds is 3. The number of benzene rings is 4. The summed E-state index contributed by atoms with van der Waals surface area (Å²) in [6.45, 7) is 35.6. The molecule has 7 aliphatic carbocycles. The number of nitrogens with zero attached hydrogens (tertiary/aromatic N) is 2. The summed E-state index contributed by atoms with van der Waals surface area (Å²) in [6.07, 6.45) is 26.5. The van der Waals surface area contributed by atoms with Gasteiger partial charge in [-0.1, -0.05) is 211 Å². The van der Waals surface area contributed by atoms with E-state index in [2.05, 4.69) is 246 Å². The summed E-state index contributed by atoms with van der Waals surface area (Å²) in [5, 5.41) is 1.84. The fraction of sp³-hybridized carbons (Fsp3) is 0.465. The first-order valence-corrected chi connectivity index (χ1v) is 30.0. The molecule has 0 N–H and O–H groups in total. The average Bonchev–Trinajstić information content (AvgIpc) is 4.03. The van der Waals surface area contributed by atoms with Gasteiger partial charge in [0.25, 0.3) is 0 Å². The minimum atomic E-state index is -0.119. The van der Waals surface area contributed by atoms with Gasteiger partial charge in [0.05, 0.1) is 11.1 Å². The number of thioether (sulfide) groups is 1. The van der Waals surface area contributed by atoms with Crippen molar-refractivity contribution in [3.63, 3.8) is 0 Å². The van der Waals surface area contributed by atoms with Gasteiger partial charge >= 0.3 is 0 Å². The Morgan fingerprint density at radius 1 is 0.560 bits per heavy atom. The van der Waals surface area contributed by atoms with E-state index >= 15 is 0 Å². The van der Waals surface area contributed by atoms with Crippen molar-refractivity contribution in [2.45, 2.75) is 169 Å². The molecular weight excluding hydrogens is 924 g/mol. The van der Waals surface area contributed by atoms with Crippen LogP contribution < -0.4 is 10.4 Å². The lowest BCUT2D eigenvalue weighted by molar-refractivity contribution is 0.0318. The summed E-state index contributed by atoms with van der Waals surface area (Å²) in [6, 6.07) is 33.7. The minimum absolute atomic E-state index is 0.0387. The molecule has 0 aromatic heterocycles. The number of allylic oxidation sites excluding steroid dienone is 9. The van der Waals surface area contributed by atoms with Gasteiger partial charge in [-0.3, -0.25) is 0 Å². The number of hydrogen-bond acceptors (Lipinski definition) is 3. The van der Waals surface area contributed by atoms with Crippen LogP contribution in [0.2, 0.25) is 5.82 Å². The molecule has 3 heterocycles. The normalized spacial score (nSPS) is 30.6. The van der Waals surface area contributed by atoms with Crippen LogP contribution in [0.1, 0.15) is 163 Å². The molecule has 3 aliphatic heterocycles. The highest BCUT2D eigenvalue weighted by Gasteiger charge is 2.60. The maximum Gasteiger partial charge on any atom is 0.223 e. The first kappa shape index (κ1) is 48.4. The molecule has 2 saturated carbocycles. The van der Waals surface area contributed by atoms with E-state index in [0.717, 1.165) is 0 Å². The van der Waals surface area contributed by atoms with Crippen LogP contribution in [-0.4, -0.2) is 22.9 Å². The Balaban J connectivity index is 1.10. The summed E-state index contributed by atoms with van der Waals surface area (Å²) in [4.78, 5) is 5.81. The zero-order chi connectivity index (χ0) is 52.3. The highest BCUT2D eigenvalue weighted by molar-refractivity contribution is 8.04. The van der Waals surface area contributed by atoms with Crippen molar-refractivity contribution in [3.05, 3.63) is 188 Å². The average molecular weight is 1010 g/mol. The third kappa shape index (κ3) is 6.78. The van der Waals surface area contributed by atoms with Crippen molar-refractivity contribution in [2.75, 3.05) is 4.90 Å². The van der Waals surface area contributed by atoms with Gasteiger partial charge in [-0.05, 0) is 157 Å². The van der Waals surface area contributed by atoms with Crippen molar-refractivity contribution in [1.82, 2.24) is 4.90 Å². The Labute approximate surface area is 455 Å². The standard InChI is InChI=1S/C71H81BN2S/c1-65(2)29-30-66(3,4)50-37-44(27-28-48(50)65)73-58-35-43(42-21-16-15-17-22-42)36-59-63(58)72(62-46-38-51-54(41-60(46)75-64(62)73)70(11,12)34-31-67(51,5)6)55-39-52-53(69(9,10)33-32-68(52,7)8)40-57(55)74(59)56-26-20-25-49-61(56)45-23-18-19-24-47(45)71(49,13)14/h15-28,35-41,46,48,50,59-60,63H,29-34H2,1-14H3/t46?,48?,50?,59?,60?,63-/m0/s1. The molecule has 4 aromatic rings. The summed E-state index contributed by atoms with van der Waals surface area (Å²) in [5.41, 5.74) is 24.2. The molecule has 4 heteroatoms. The van der Waals surface area contributed by atoms with Crippen molar-refractivity contribution >= 4 is 40.9 Å². The molecule has 0 amide bonds. The van der Waals surface area contributed by atoms with Crippen LogP contribution in [0.15, 0.2) is 161 Å². The predicted octanol–water partition coefficient (Wildman–Crippen LogP) is 18.0. The third-order valence-corrected chi connectivity index (χ3v) is 23.4. The summed E-state index contributed by atoms with van der Waals surface area (Å²) < 4.78 is 0. The van der Waals surface area contributed by atoms with Gasteiger partial charge < -0.3 is 9.80 Å². The monoisotopic (exact) mass is 1000 g/mol. The lowest BCUT2D eigenvalue weighted by atomic mass is 9.26. The van der Waals surface area contributed by atoms with E-state index < -0.39 is 0 Å². The molecule has 0 bridgehead atoms. The van der Waals surface area contributed by atoms with E-state index in [-0.39, 0.29) is 56.5 Å². The maximum absolute atomic E-state index is 2.92.